The smallest absolute Gasteiger partial charge is 0.325 e. The predicted molar refractivity (Wildman–Crippen MR) is 126 cm³/mol. The Bertz CT molecular complexity index is 1290. The average molecular weight is 479 g/mol. The van der Waals surface area contributed by atoms with Gasteiger partial charge in [0.1, 0.15) is 18.0 Å². The number of nitrogens with zero attached hydrogens (tertiary/aromatic N) is 2. The van der Waals surface area contributed by atoms with E-state index in [1.807, 2.05) is 31.2 Å². The van der Waals surface area contributed by atoms with E-state index in [-0.39, 0.29) is 6.61 Å². The molecule has 2 aliphatic rings. The number of benzene rings is 2. The molecule has 174 valence electrons. The summed E-state index contributed by atoms with van der Waals surface area (Å²) in [6.45, 7) is 1.79. The number of imide groups is 1. The van der Waals surface area contributed by atoms with Crippen LogP contribution in [0.2, 0.25) is 0 Å². The molecular formula is C24H22N4O5S. The Morgan fingerprint density at radius 3 is 2.76 bits per heavy atom. The fourth-order valence-corrected chi connectivity index (χ4v) is 5.14. The van der Waals surface area contributed by atoms with Gasteiger partial charge in [-0.05, 0) is 37.3 Å². The van der Waals surface area contributed by atoms with E-state index in [0.29, 0.717) is 22.9 Å². The topological polar surface area (TPSA) is 110 Å². The molecule has 3 aromatic rings. The molecule has 0 radical (unpaired) electrons. The van der Waals surface area contributed by atoms with Crippen LogP contribution in [0.5, 0.6) is 11.5 Å². The van der Waals surface area contributed by atoms with Crippen molar-refractivity contribution in [3.8, 4) is 22.8 Å². The first kappa shape index (κ1) is 21.9. The third-order valence-electron chi connectivity index (χ3n) is 5.97. The molecule has 0 saturated carbocycles. The first-order valence-corrected chi connectivity index (χ1v) is 11.5. The van der Waals surface area contributed by atoms with Crippen LogP contribution in [0.25, 0.3) is 11.3 Å². The Kier molecular flexibility index (Phi) is 5.45. The van der Waals surface area contributed by atoms with Gasteiger partial charge in [0.2, 0.25) is 5.91 Å². The van der Waals surface area contributed by atoms with Crippen LogP contribution in [0.1, 0.15) is 16.9 Å². The number of rotatable bonds is 5. The first-order chi connectivity index (χ1) is 16.4. The summed E-state index contributed by atoms with van der Waals surface area (Å²) in [4.78, 5) is 45.2. The second-order valence-electron chi connectivity index (χ2n) is 8.02. The fraction of sp³-hybridized carbons (Fsp3) is 0.250. The van der Waals surface area contributed by atoms with Gasteiger partial charge in [-0.3, -0.25) is 14.5 Å². The highest BCUT2D eigenvalue weighted by Gasteiger charge is 2.55. The number of aromatic nitrogens is 1. The number of urea groups is 1. The molecule has 10 heteroatoms. The molecule has 2 aliphatic heterocycles. The molecule has 2 aromatic carbocycles. The van der Waals surface area contributed by atoms with Crippen molar-refractivity contribution < 1.29 is 23.9 Å². The normalized spacial score (nSPS) is 18.9. The van der Waals surface area contributed by atoms with Crippen LogP contribution in [0, 0.1) is 6.92 Å². The number of carbonyl (C=O) groups excluding carboxylic acids is 3. The molecule has 1 saturated heterocycles. The third-order valence-corrected chi connectivity index (χ3v) is 6.85. The van der Waals surface area contributed by atoms with Crippen LogP contribution < -0.4 is 20.1 Å². The minimum Gasteiger partial charge on any atom is -0.497 e. The third kappa shape index (κ3) is 3.65. The van der Waals surface area contributed by atoms with Crippen LogP contribution in [0.4, 0.5) is 9.93 Å². The van der Waals surface area contributed by atoms with E-state index in [1.165, 1.54) is 11.3 Å². The number of fused-ring (bicyclic) bond motifs is 2. The number of nitrogens with one attached hydrogen (secondary N) is 2. The van der Waals surface area contributed by atoms with Gasteiger partial charge in [-0.25, -0.2) is 9.78 Å². The van der Waals surface area contributed by atoms with E-state index in [4.69, 9.17) is 9.47 Å². The SMILES string of the molecule is COc1ccc(-c2nc(NC(=O)CN3C(=O)N[C@]4(CCOc5ccccc54)C3=O)sc2C)cc1. The first-order valence-electron chi connectivity index (χ1n) is 10.7. The second kappa shape index (κ2) is 8.45. The van der Waals surface area contributed by atoms with Crippen LogP contribution in [0.15, 0.2) is 48.5 Å². The molecule has 1 spiro atoms. The molecule has 1 fully saturated rings. The van der Waals surface area contributed by atoms with E-state index in [1.54, 1.807) is 31.4 Å². The van der Waals surface area contributed by atoms with Gasteiger partial charge in [0.15, 0.2) is 10.7 Å². The summed E-state index contributed by atoms with van der Waals surface area (Å²) < 4.78 is 10.8. The van der Waals surface area contributed by atoms with Crippen molar-refractivity contribution in [2.24, 2.45) is 0 Å². The zero-order valence-corrected chi connectivity index (χ0v) is 19.4. The second-order valence-corrected chi connectivity index (χ2v) is 9.23. The van der Waals surface area contributed by atoms with Crippen molar-refractivity contribution in [3.05, 3.63) is 59.0 Å². The molecular weight excluding hydrogens is 456 g/mol. The lowest BCUT2D eigenvalue weighted by molar-refractivity contribution is -0.135. The number of para-hydroxylation sites is 1. The standard InChI is InChI=1S/C24H22N4O5S/c1-14-20(15-7-9-16(32-2)10-8-15)26-22(34-14)25-19(29)13-28-21(30)24(27-23(28)31)11-12-33-18-6-4-3-5-17(18)24/h3-10H,11-13H2,1-2H3,(H,27,31)(H,25,26,29)/t24-/m0/s1. The predicted octanol–water partition coefficient (Wildman–Crippen LogP) is 3.30. The van der Waals surface area contributed by atoms with Crippen molar-refractivity contribution in [1.29, 1.82) is 0 Å². The number of carbonyl (C=O) groups is 3. The maximum Gasteiger partial charge on any atom is 0.325 e. The zero-order valence-electron chi connectivity index (χ0n) is 18.6. The summed E-state index contributed by atoms with van der Waals surface area (Å²) in [5.41, 5.74) is 1.02. The molecule has 1 aromatic heterocycles. The number of methoxy groups -OCH3 is 1. The number of aryl methyl sites for hydroxylation is 1. The monoisotopic (exact) mass is 478 g/mol. The van der Waals surface area contributed by atoms with Gasteiger partial charge in [-0.2, -0.15) is 0 Å². The van der Waals surface area contributed by atoms with Crippen molar-refractivity contribution in [2.45, 2.75) is 18.9 Å². The minimum absolute atomic E-state index is 0.287. The number of amides is 4. The van der Waals surface area contributed by atoms with E-state index in [0.717, 1.165) is 26.8 Å². The van der Waals surface area contributed by atoms with Gasteiger partial charge >= 0.3 is 6.03 Å². The number of anilines is 1. The van der Waals surface area contributed by atoms with Gasteiger partial charge in [0, 0.05) is 22.4 Å². The lowest BCUT2D eigenvalue weighted by Crippen LogP contribution is -2.48. The summed E-state index contributed by atoms with van der Waals surface area (Å²) in [6, 6.07) is 14.0. The van der Waals surface area contributed by atoms with Crippen molar-refractivity contribution >= 4 is 34.3 Å². The summed E-state index contributed by atoms with van der Waals surface area (Å²) >= 11 is 1.32. The van der Waals surface area contributed by atoms with E-state index < -0.39 is 29.9 Å². The van der Waals surface area contributed by atoms with Crippen LogP contribution >= 0.6 is 11.3 Å². The number of hydrogen-bond acceptors (Lipinski definition) is 7. The largest absolute Gasteiger partial charge is 0.497 e. The number of thiazole rings is 1. The molecule has 1 atom stereocenters. The summed E-state index contributed by atoms with van der Waals surface area (Å²) in [7, 11) is 1.60. The molecule has 9 nitrogen and oxygen atoms in total. The molecule has 0 aliphatic carbocycles. The van der Waals surface area contributed by atoms with E-state index in [2.05, 4.69) is 15.6 Å². The van der Waals surface area contributed by atoms with Crippen molar-refractivity contribution in [3.63, 3.8) is 0 Å². The average Bonchev–Trinajstić information content (AvgIpc) is 3.31. The highest BCUT2D eigenvalue weighted by molar-refractivity contribution is 7.16. The number of hydrogen-bond donors (Lipinski definition) is 2. The van der Waals surface area contributed by atoms with Gasteiger partial charge in [0.25, 0.3) is 5.91 Å². The fourth-order valence-electron chi connectivity index (χ4n) is 4.28. The highest BCUT2D eigenvalue weighted by atomic mass is 32.1. The van der Waals surface area contributed by atoms with E-state index >= 15 is 0 Å². The Balaban J connectivity index is 1.31. The molecule has 3 heterocycles. The minimum atomic E-state index is -1.22. The van der Waals surface area contributed by atoms with Gasteiger partial charge in [-0.15, -0.1) is 11.3 Å². The van der Waals surface area contributed by atoms with Gasteiger partial charge < -0.3 is 20.1 Å². The van der Waals surface area contributed by atoms with Gasteiger partial charge in [0.05, 0.1) is 19.4 Å². The summed E-state index contributed by atoms with van der Waals surface area (Å²) in [5, 5.41) is 5.91. The molecule has 2 N–H and O–H groups in total. The summed E-state index contributed by atoms with van der Waals surface area (Å²) in [5.74, 6) is 0.329. The molecule has 34 heavy (non-hydrogen) atoms. The lowest BCUT2D eigenvalue weighted by atomic mass is 9.84. The maximum absolute atomic E-state index is 13.3. The molecule has 0 bridgehead atoms. The van der Waals surface area contributed by atoms with Crippen LogP contribution in [-0.4, -0.2) is 48.0 Å². The van der Waals surface area contributed by atoms with Gasteiger partial charge in [-0.1, -0.05) is 18.2 Å². The van der Waals surface area contributed by atoms with Crippen LogP contribution in [0.3, 0.4) is 0 Å². The van der Waals surface area contributed by atoms with Crippen LogP contribution in [-0.2, 0) is 15.1 Å². The quantitative estimate of drug-likeness (QED) is 0.545. The molecule has 5 rings (SSSR count). The van der Waals surface area contributed by atoms with Crippen molar-refractivity contribution in [2.75, 3.05) is 25.6 Å². The molecule has 4 amide bonds. The van der Waals surface area contributed by atoms with Crippen molar-refractivity contribution in [1.82, 2.24) is 15.2 Å². The Morgan fingerprint density at radius 1 is 1.24 bits per heavy atom. The Morgan fingerprint density at radius 2 is 2.00 bits per heavy atom. The molecule has 0 unspecified atom stereocenters. The Labute approximate surface area is 199 Å². The zero-order chi connectivity index (χ0) is 23.9. The number of ether oxygens (including phenoxy) is 2. The lowest BCUT2D eigenvalue weighted by Gasteiger charge is -2.33. The highest BCUT2D eigenvalue weighted by Crippen LogP contribution is 2.41. The van der Waals surface area contributed by atoms with E-state index in [9.17, 15) is 14.4 Å². The Hall–Kier alpha value is -3.92. The maximum atomic E-state index is 13.3. The summed E-state index contributed by atoms with van der Waals surface area (Å²) in [6.07, 6.45) is 0.295.